The highest BCUT2D eigenvalue weighted by Crippen LogP contribution is 2.37. The molecule has 0 spiro atoms. The van der Waals surface area contributed by atoms with E-state index in [-0.39, 0.29) is 0 Å². The Kier molecular flexibility index (Phi) is 3.33. The van der Waals surface area contributed by atoms with Crippen molar-refractivity contribution in [3.8, 4) is 0 Å². The highest BCUT2D eigenvalue weighted by Gasteiger charge is 2.27. The quantitative estimate of drug-likeness (QED) is 0.927. The molecule has 1 unspecified atom stereocenters. The number of thiophene rings is 1. The van der Waals surface area contributed by atoms with Crippen molar-refractivity contribution in [2.24, 2.45) is 5.73 Å². The lowest BCUT2D eigenvalue weighted by Crippen LogP contribution is -2.32. The van der Waals surface area contributed by atoms with E-state index in [9.17, 15) is 0 Å². The largest absolute Gasteiger partial charge is 0.363 e. The zero-order chi connectivity index (χ0) is 13.4. The van der Waals surface area contributed by atoms with Gasteiger partial charge in [-0.15, -0.1) is 11.3 Å². The maximum absolute atomic E-state index is 6.08. The molecule has 1 aliphatic heterocycles. The highest BCUT2D eigenvalue weighted by molar-refractivity contribution is 7.12. The number of hydrogen-bond donors (Lipinski definition) is 1. The Bertz CT molecular complexity index is 588. The summed E-state index contributed by atoms with van der Waals surface area (Å²) in [5.41, 5.74) is 10.3. The van der Waals surface area contributed by atoms with Gasteiger partial charge in [-0.05, 0) is 43.5 Å². The van der Waals surface area contributed by atoms with Crippen LogP contribution in [0.1, 0.15) is 26.9 Å². The lowest BCUT2D eigenvalue weighted by Gasteiger charge is -2.29. The van der Waals surface area contributed by atoms with Crippen LogP contribution in [0.3, 0.4) is 0 Å². The molecule has 2 aromatic rings. The summed E-state index contributed by atoms with van der Waals surface area (Å²) in [5, 5.41) is 0. The number of rotatable bonds is 3. The van der Waals surface area contributed by atoms with Crippen LogP contribution in [-0.4, -0.2) is 13.1 Å². The SMILES string of the molecule is Cc1cc(C(CN)N2CCc3ccccc32)c(C)s1. The van der Waals surface area contributed by atoms with E-state index in [1.807, 2.05) is 11.3 Å². The number of nitrogens with zero attached hydrogens (tertiary/aromatic N) is 1. The lowest BCUT2D eigenvalue weighted by molar-refractivity contribution is 0.648. The molecule has 0 saturated heterocycles. The second kappa shape index (κ2) is 4.99. The summed E-state index contributed by atoms with van der Waals surface area (Å²) >= 11 is 1.87. The van der Waals surface area contributed by atoms with Gasteiger partial charge < -0.3 is 10.6 Å². The average Bonchev–Trinajstić information content (AvgIpc) is 2.96. The lowest BCUT2D eigenvalue weighted by atomic mass is 10.1. The van der Waals surface area contributed by atoms with E-state index in [4.69, 9.17) is 5.73 Å². The van der Waals surface area contributed by atoms with E-state index >= 15 is 0 Å². The van der Waals surface area contributed by atoms with Gasteiger partial charge in [0, 0.05) is 28.5 Å². The second-order valence-corrected chi connectivity index (χ2v) is 6.65. The van der Waals surface area contributed by atoms with E-state index in [1.54, 1.807) is 0 Å². The van der Waals surface area contributed by atoms with Gasteiger partial charge in [-0.3, -0.25) is 0 Å². The van der Waals surface area contributed by atoms with E-state index in [1.165, 1.54) is 26.6 Å². The van der Waals surface area contributed by atoms with Crippen LogP contribution in [0.15, 0.2) is 30.3 Å². The zero-order valence-electron chi connectivity index (χ0n) is 11.5. The molecule has 100 valence electrons. The summed E-state index contributed by atoms with van der Waals surface area (Å²) in [6, 6.07) is 11.3. The van der Waals surface area contributed by atoms with E-state index in [2.05, 4.69) is 49.1 Å². The molecule has 3 rings (SSSR count). The van der Waals surface area contributed by atoms with Crippen molar-refractivity contribution in [1.82, 2.24) is 0 Å². The maximum atomic E-state index is 6.08. The Morgan fingerprint density at radius 3 is 2.79 bits per heavy atom. The molecule has 1 aromatic heterocycles. The van der Waals surface area contributed by atoms with Gasteiger partial charge in [0.1, 0.15) is 0 Å². The van der Waals surface area contributed by atoms with Crippen molar-refractivity contribution < 1.29 is 0 Å². The molecule has 0 bridgehead atoms. The molecule has 1 aromatic carbocycles. The number of fused-ring (bicyclic) bond motifs is 1. The number of hydrogen-bond acceptors (Lipinski definition) is 3. The van der Waals surface area contributed by atoms with Crippen molar-refractivity contribution >= 4 is 17.0 Å². The second-order valence-electron chi connectivity index (χ2n) is 5.19. The van der Waals surface area contributed by atoms with Gasteiger partial charge in [-0.25, -0.2) is 0 Å². The molecule has 0 fully saturated rings. The molecule has 1 atom stereocenters. The first-order chi connectivity index (χ1) is 9.20. The number of anilines is 1. The maximum Gasteiger partial charge on any atom is 0.0675 e. The first kappa shape index (κ1) is 12.7. The normalized spacial score (nSPS) is 15.6. The topological polar surface area (TPSA) is 29.3 Å². The zero-order valence-corrected chi connectivity index (χ0v) is 12.3. The first-order valence-electron chi connectivity index (χ1n) is 6.82. The fourth-order valence-electron chi connectivity index (χ4n) is 3.09. The van der Waals surface area contributed by atoms with Crippen LogP contribution in [0.2, 0.25) is 0 Å². The standard InChI is InChI=1S/C16H20N2S/c1-11-9-14(12(2)19-11)16(10-17)18-8-7-13-5-3-4-6-15(13)18/h3-6,9,16H,7-8,10,17H2,1-2H3. The van der Waals surface area contributed by atoms with Crippen LogP contribution in [0.25, 0.3) is 0 Å². The molecule has 0 radical (unpaired) electrons. The summed E-state index contributed by atoms with van der Waals surface area (Å²) in [6.07, 6.45) is 1.13. The summed E-state index contributed by atoms with van der Waals surface area (Å²) in [5.74, 6) is 0. The summed E-state index contributed by atoms with van der Waals surface area (Å²) in [7, 11) is 0. The fraction of sp³-hybridized carbons (Fsp3) is 0.375. The minimum absolute atomic E-state index is 0.314. The molecule has 1 aliphatic rings. The van der Waals surface area contributed by atoms with Crippen LogP contribution < -0.4 is 10.6 Å². The number of benzene rings is 1. The molecule has 2 N–H and O–H groups in total. The van der Waals surface area contributed by atoms with E-state index in [0.29, 0.717) is 12.6 Å². The molecule has 2 nitrogen and oxygen atoms in total. The molecular weight excluding hydrogens is 252 g/mol. The Morgan fingerprint density at radius 1 is 1.32 bits per heavy atom. The third-order valence-electron chi connectivity index (χ3n) is 3.96. The average molecular weight is 272 g/mol. The Morgan fingerprint density at radius 2 is 2.11 bits per heavy atom. The Balaban J connectivity index is 1.99. The molecule has 19 heavy (non-hydrogen) atoms. The van der Waals surface area contributed by atoms with Gasteiger partial charge in [0.25, 0.3) is 0 Å². The van der Waals surface area contributed by atoms with Crippen molar-refractivity contribution in [2.45, 2.75) is 26.3 Å². The highest BCUT2D eigenvalue weighted by atomic mass is 32.1. The molecular formula is C16H20N2S. The van der Waals surface area contributed by atoms with Gasteiger partial charge in [0.05, 0.1) is 6.04 Å². The Hall–Kier alpha value is -1.32. The monoisotopic (exact) mass is 272 g/mol. The van der Waals surface area contributed by atoms with E-state index < -0.39 is 0 Å². The van der Waals surface area contributed by atoms with Gasteiger partial charge in [-0.1, -0.05) is 18.2 Å². The minimum Gasteiger partial charge on any atom is -0.363 e. The molecule has 0 amide bonds. The minimum atomic E-state index is 0.314. The van der Waals surface area contributed by atoms with Crippen molar-refractivity contribution in [3.05, 3.63) is 51.2 Å². The van der Waals surface area contributed by atoms with Gasteiger partial charge in [0.15, 0.2) is 0 Å². The predicted octanol–water partition coefficient (Wildman–Crippen LogP) is 3.43. The third-order valence-corrected chi connectivity index (χ3v) is 4.94. The molecule has 3 heteroatoms. The van der Waals surface area contributed by atoms with Crippen molar-refractivity contribution in [1.29, 1.82) is 0 Å². The van der Waals surface area contributed by atoms with Crippen molar-refractivity contribution in [2.75, 3.05) is 18.0 Å². The van der Waals surface area contributed by atoms with E-state index in [0.717, 1.165) is 13.0 Å². The molecule has 0 saturated carbocycles. The summed E-state index contributed by atoms with van der Waals surface area (Å²) < 4.78 is 0. The first-order valence-corrected chi connectivity index (χ1v) is 7.64. The Labute approximate surface area is 118 Å². The number of nitrogens with two attached hydrogens (primary N) is 1. The summed E-state index contributed by atoms with van der Waals surface area (Å²) in [6.45, 7) is 6.13. The fourth-order valence-corrected chi connectivity index (χ4v) is 4.07. The van der Waals surface area contributed by atoms with Crippen LogP contribution >= 0.6 is 11.3 Å². The van der Waals surface area contributed by atoms with Gasteiger partial charge in [0.2, 0.25) is 0 Å². The predicted molar refractivity (Wildman–Crippen MR) is 83.1 cm³/mol. The van der Waals surface area contributed by atoms with Crippen LogP contribution in [0.5, 0.6) is 0 Å². The third kappa shape index (κ3) is 2.17. The van der Waals surface area contributed by atoms with Crippen LogP contribution in [-0.2, 0) is 6.42 Å². The summed E-state index contributed by atoms with van der Waals surface area (Å²) in [4.78, 5) is 5.25. The smallest absolute Gasteiger partial charge is 0.0675 e. The van der Waals surface area contributed by atoms with Crippen molar-refractivity contribution in [3.63, 3.8) is 0 Å². The van der Waals surface area contributed by atoms with Gasteiger partial charge >= 0.3 is 0 Å². The number of aryl methyl sites for hydroxylation is 2. The van der Waals surface area contributed by atoms with Gasteiger partial charge in [-0.2, -0.15) is 0 Å². The molecule has 2 heterocycles. The number of para-hydroxylation sites is 1. The van der Waals surface area contributed by atoms with Crippen LogP contribution in [0.4, 0.5) is 5.69 Å². The molecule has 0 aliphatic carbocycles. The van der Waals surface area contributed by atoms with Crippen LogP contribution in [0, 0.1) is 13.8 Å².